The Hall–Kier alpha value is -1.22. The van der Waals surface area contributed by atoms with Crippen LogP contribution >= 0.6 is 11.6 Å². The minimum absolute atomic E-state index is 0.0234. The maximum Gasteiger partial charge on any atom is 0.255 e. The first-order chi connectivity index (χ1) is 9.10. The first kappa shape index (κ1) is 14.2. The molecule has 1 aromatic rings. The molecule has 1 amide bonds. The summed E-state index contributed by atoms with van der Waals surface area (Å²) >= 11 is 5.86. The molecule has 0 radical (unpaired) electrons. The standard InChI is InChI=1S/C15H20ClNO2/c1-2-10-4-3-5-12(8-10)17-15(19)13-9-11(16)6-7-14(13)18/h6-7,9-10,12,18H,2-5,8H2,1H3,(H,17,19). The number of hydrogen-bond acceptors (Lipinski definition) is 2. The van der Waals surface area contributed by atoms with Crippen molar-refractivity contribution in [3.05, 3.63) is 28.8 Å². The number of phenolic OH excluding ortho intramolecular Hbond substituents is 1. The Bertz CT molecular complexity index is 461. The first-order valence-corrected chi connectivity index (χ1v) is 7.27. The van der Waals surface area contributed by atoms with E-state index in [1.54, 1.807) is 6.07 Å². The van der Waals surface area contributed by atoms with Crippen LogP contribution in [0.25, 0.3) is 0 Å². The van der Waals surface area contributed by atoms with Crippen molar-refractivity contribution in [1.82, 2.24) is 5.32 Å². The van der Waals surface area contributed by atoms with Crippen molar-refractivity contribution in [2.45, 2.75) is 45.1 Å². The third-order valence-electron chi connectivity index (χ3n) is 3.90. The summed E-state index contributed by atoms with van der Waals surface area (Å²) in [4.78, 5) is 12.2. The van der Waals surface area contributed by atoms with Crippen molar-refractivity contribution in [3.63, 3.8) is 0 Å². The molecule has 0 bridgehead atoms. The molecule has 2 N–H and O–H groups in total. The van der Waals surface area contributed by atoms with Crippen molar-refractivity contribution < 1.29 is 9.90 Å². The third kappa shape index (κ3) is 3.63. The maximum absolute atomic E-state index is 12.2. The van der Waals surface area contributed by atoms with E-state index in [9.17, 15) is 9.90 Å². The minimum Gasteiger partial charge on any atom is -0.507 e. The van der Waals surface area contributed by atoms with E-state index < -0.39 is 0 Å². The highest BCUT2D eigenvalue weighted by atomic mass is 35.5. The SMILES string of the molecule is CCC1CCCC(NC(=O)c2cc(Cl)ccc2O)C1. The van der Waals surface area contributed by atoms with Crippen molar-refractivity contribution >= 4 is 17.5 Å². The Balaban J connectivity index is 2.02. The van der Waals surface area contributed by atoms with Gasteiger partial charge in [-0.2, -0.15) is 0 Å². The summed E-state index contributed by atoms with van der Waals surface area (Å²) in [6, 6.07) is 4.74. The fourth-order valence-corrected chi connectivity index (χ4v) is 2.92. The summed E-state index contributed by atoms with van der Waals surface area (Å²) in [5.41, 5.74) is 0.256. The molecule has 0 spiro atoms. The topological polar surface area (TPSA) is 49.3 Å². The van der Waals surface area contributed by atoms with Crippen molar-refractivity contribution in [1.29, 1.82) is 0 Å². The Kier molecular flexibility index (Phi) is 4.70. The third-order valence-corrected chi connectivity index (χ3v) is 4.13. The number of phenols is 1. The van der Waals surface area contributed by atoms with Gasteiger partial charge in [-0.3, -0.25) is 4.79 Å². The van der Waals surface area contributed by atoms with Crippen LogP contribution in [0.2, 0.25) is 5.02 Å². The number of hydrogen-bond donors (Lipinski definition) is 2. The summed E-state index contributed by atoms with van der Waals surface area (Å²) in [5, 5.41) is 13.2. The average molecular weight is 282 g/mol. The van der Waals surface area contributed by atoms with Crippen molar-refractivity contribution in [2.75, 3.05) is 0 Å². The van der Waals surface area contributed by atoms with Gasteiger partial charge >= 0.3 is 0 Å². The van der Waals surface area contributed by atoms with Crippen LogP contribution in [-0.2, 0) is 0 Å². The highest BCUT2D eigenvalue weighted by Gasteiger charge is 2.23. The quantitative estimate of drug-likeness (QED) is 0.887. The maximum atomic E-state index is 12.2. The van der Waals surface area contributed by atoms with Crippen LogP contribution in [0, 0.1) is 5.92 Å². The first-order valence-electron chi connectivity index (χ1n) is 6.89. The lowest BCUT2D eigenvalue weighted by Crippen LogP contribution is -2.38. The van der Waals surface area contributed by atoms with Gasteiger partial charge in [-0.1, -0.05) is 37.8 Å². The highest BCUT2D eigenvalue weighted by Crippen LogP contribution is 2.27. The van der Waals surface area contributed by atoms with Crippen molar-refractivity contribution in [3.8, 4) is 5.75 Å². The lowest BCUT2D eigenvalue weighted by Gasteiger charge is -2.29. The van der Waals surface area contributed by atoms with Crippen LogP contribution in [0.4, 0.5) is 0 Å². The van der Waals surface area contributed by atoms with E-state index >= 15 is 0 Å². The van der Waals surface area contributed by atoms with Crippen LogP contribution in [0.15, 0.2) is 18.2 Å². The molecule has 3 nitrogen and oxygen atoms in total. The Morgan fingerprint density at radius 3 is 3.00 bits per heavy atom. The second-order valence-electron chi connectivity index (χ2n) is 5.27. The number of carbonyl (C=O) groups excluding carboxylic acids is 1. The smallest absolute Gasteiger partial charge is 0.255 e. The second-order valence-corrected chi connectivity index (χ2v) is 5.71. The van der Waals surface area contributed by atoms with E-state index in [1.807, 2.05) is 0 Å². The van der Waals surface area contributed by atoms with E-state index in [-0.39, 0.29) is 23.3 Å². The zero-order valence-electron chi connectivity index (χ0n) is 11.2. The summed E-state index contributed by atoms with van der Waals surface area (Å²) in [7, 11) is 0. The molecule has 1 fully saturated rings. The Morgan fingerprint density at radius 1 is 1.47 bits per heavy atom. The van der Waals surface area contributed by atoms with Gasteiger partial charge in [-0.05, 0) is 37.0 Å². The number of carbonyl (C=O) groups is 1. The van der Waals surface area contributed by atoms with Gasteiger partial charge in [0.2, 0.25) is 0 Å². The van der Waals surface area contributed by atoms with Crippen molar-refractivity contribution in [2.24, 2.45) is 5.92 Å². The average Bonchev–Trinajstić information content (AvgIpc) is 2.41. The van der Waals surface area contributed by atoms with E-state index in [1.165, 1.54) is 18.6 Å². The molecule has 1 saturated carbocycles. The molecule has 1 aliphatic carbocycles. The van der Waals surface area contributed by atoms with Gasteiger partial charge in [0, 0.05) is 11.1 Å². The molecule has 2 atom stereocenters. The molecule has 1 aliphatic rings. The van der Waals surface area contributed by atoms with Crippen LogP contribution in [0.1, 0.15) is 49.4 Å². The Morgan fingerprint density at radius 2 is 2.26 bits per heavy atom. The summed E-state index contributed by atoms with van der Waals surface area (Å²) < 4.78 is 0. The molecular weight excluding hydrogens is 262 g/mol. The summed E-state index contributed by atoms with van der Waals surface area (Å²) in [6.45, 7) is 2.19. The number of nitrogens with one attached hydrogen (secondary N) is 1. The zero-order chi connectivity index (χ0) is 13.8. The van der Waals surface area contributed by atoms with E-state index in [0.29, 0.717) is 10.9 Å². The van der Waals surface area contributed by atoms with Crippen LogP contribution in [0.3, 0.4) is 0 Å². The number of rotatable bonds is 3. The zero-order valence-corrected chi connectivity index (χ0v) is 11.9. The lowest BCUT2D eigenvalue weighted by atomic mass is 9.84. The summed E-state index contributed by atoms with van der Waals surface area (Å²) in [5.74, 6) is 0.443. The van der Waals surface area contributed by atoms with Gasteiger partial charge in [0.05, 0.1) is 5.56 Å². The van der Waals surface area contributed by atoms with Gasteiger partial charge in [0.1, 0.15) is 5.75 Å². The molecule has 0 heterocycles. The van der Waals surface area contributed by atoms with E-state index in [2.05, 4.69) is 12.2 Å². The molecular formula is C15H20ClNO2. The molecule has 4 heteroatoms. The van der Waals surface area contributed by atoms with E-state index in [0.717, 1.165) is 25.7 Å². The molecule has 1 aromatic carbocycles. The predicted octanol–water partition coefficient (Wildman–Crippen LogP) is 3.74. The molecule has 2 rings (SSSR count). The lowest BCUT2D eigenvalue weighted by molar-refractivity contribution is 0.0916. The number of amides is 1. The molecule has 0 saturated heterocycles. The fraction of sp³-hybridized carbons (Fsp3) is 0.533. The Labute approximate surface area is 119 Å². The second kappa shape index (κ2) is 6.29. The highest BCUT2D eigenvalue weighted by molar-refractivity contribution is 6.31. The minimum atomic E-state index is -0.234. The molecule has 0 aromatic heterocycles. The van der Waals surface area contributed by atoms with Gasteiger partial charge in [0.15, 0.2) is 0 Å². The monoisotopic (exact) mass is 281 g/mol. The van der Waals surface area contributed by atoms with Gasteiger partial charge in [-0.25, -0.2) is 0 Å². The normalized spacial score (nSPS) is 23.1. The number of halogens is 1. The van der Waals surface area contributed by atoms with Gasteiger partial charge < -0.3 is 10.4 Å². The fourth-order valence-electron chi connectivity index (χ4n) is 2.75. The molecule has 104 valence electrons. The van der Waals surface area contributed by atoms with E-state index in [4.69, 9.17) is 11.6 Å². The van der Waals surface area contributed by atoms with Gasteiger partial charge in [0.25, 0.3) is 5.91 Å². The van der Waals surface area contributed by atoms with Crippen LogP contribution < -0.4 is 5.32 Å². The van der Waals surface area contributed by atoms with Crippen LogP contribution in [0.5, 0.6) is 5.75 Å². The van der Waals surface area contributed by atoms with Gasteiger partial charge in [-0.15, -0.1) is 0 Å². The molecule has 19 heavy (non-hydrogen) atoms. The number of aromatic hydroxyl groups is 1. The molecule has 0 aliphatic heterocycles. The predicted molar refractivity (Wildman–Crippen MR) is 76.6 cm³/mol. The summed E-state index contributed by atoms with van der Waals surface area (Å²) in [6.07, 6.45) is 5.62. The number of benzene rings is 1. The van der Waals surface area contributed by atoms with Crippen LogP contribution in [-0.4, -0.2) is 17.1 Å². The largest absolute Gasteiger partial charge is 0.507 e. The molecule has 2 unspecified atom stereocenters.